The number of sulfonamides is 1. The highest BCUT2D eigenvalue weighted by atomic mass is 35.5. The van der Waals surface area contributed by atoms with Crippen LogP contribution in [0.5, 0.6) is 0 Å². The molecule has 0 unspecified atom stereocenters. The molecule has 3 rings (SSSR count). The second-order valence-electron chi connectivity index (χ2n) is 6.83. The quantitative estimate of drug-likeness (QED) is 0.500. The van der Waals surface area contributed by atoms with Crippen LogP contribution < -0.4 is 15.4 Å². The summed E-state index contributed by atoms with van der Waals surface area (Å²) in [6.45, 7) is 3.27. The largest absolute Gasteiger partial charge is 0.326 e. The van der Waals surface area contributed by atoms with E-state index in [1.165, 1.54) is 25.1 Å². The van der Waals surface area contributed by atoms with Gasteiger partial charge in [-0.15, -0.1) is 0 Å². The smallest absolute Gasteiger partial charge is 0.263 e. The van der Waals surface area contributed by atoms with Gasteiger partial charge in [-0.1, -0.05) is 35.4 Å². The maximum absolute atomic E-state index is 12.8. The molecule has 7 nitrogen and oxygen atoms in total. The Bertz CT molecular complexity index is 1240. The van der Waals surface area contributed by atoms with Gasteiger partial charge in [0, 0.05) is 29.5 Å². The van der Waals surface area contributed by atoms with Gasteiger partial charge >= 0.3 is 0 Å². The van der Waals surface area contributed by atoms with Crippen LogP contribution >= 0.6 is 11.6 Å². The van der Waals surface area contributed by atoms with Gasteiger partial charge in [0.15, 0.2) is 0 Å². The third-order valence-electron chi connectivity index (χ3n) is 4.23. The summed E-state index contributed by atoms with van der Waals surface area (Å²) in [5.41, 5.74) is 2.44. The average molecular weight is 458 g/mol. The highest BCUT2D eigenvalue weighted by molar-refractivity contribution is 7.92. The van der Waals surface area contributed by atoms with Gasteiger partial charge in [-0.05, 0) is 55.5 Å². The molecule has 3 aromatic carbocycles. The van der Waals surface area contributed by atoms with Crippen molar-refractivity contribution >= 4 is 50.5 Å². The maximum atomic E-state index is 12.8. The minimum Gasteiger partial charge on any atom is -0.326 e. The van der Waals surface area contributed by atoms with E-state index < -0.39 is 15.9 Å². The summed E-state index contributed by atoms with van der Waals surface area (Å²) >= 11 is 6.12. The second-order valence-corrected chi connectivity index (χ2v) is 8.89. The van der Waals surface area contributed by atoms with Crippen molar-refractivity contribution in [1.29, 1.82) is 0 Å². The molecule has 0 radical (unpaired) electrons. The molecule has 0 spiro atoms. The van der Waals surface area contributed by atoms with Crippen LogP contribution in [0.2, 0.25) is 5.02 Å². The Morgan fingerprint density at radius 2 is 1.48 bits per heavy atom. The second kappa shape index (κ2) is 9.20. The molecule has 0 aliphatic heterocycles. The lowest BCUT2D eigenvalue weighted by molar-refractivity contribution is -0.114. The molecule has 3 N–H and O–H groups in total. The molecule has 3 aromatic rings. The standard InChI is InChI=1S/C22H20ClN3O4S/c1-14-6-9-17(10-7-14)26-31(29,30)21-12-16(8-11-20(21)23)22(28)25-19-5-3-4-18(13-19)24-15(2)27/h3-13,26H,1-2H3,(H,24,27)(H,25,28). The lowest BCUT2D eigenvalue weighted by Gasteiger charge is -2.12. The van der Waals surface area contributed by atoms with E-state index in [2.05, 4.69) is 15.4 Å². The lowest BCUT2D eigenvalue weighted by atomic mass is 10.2. The van der Waals surface area contributed by atoms with E-state index in [1.54, 1.807) is 48.5 Å². The molecule has 0 heterocycles. The number of halogens is 1. The molecule has 160 valence electrons. The number of carbonyl (C=O) groups excluding carboxylic acids is 2. The van der Waals surface area contributed by atoms with Crippen LogP contribution in [0.4, 0.5) is 17.1 Å². The highest BCUT2D eigenvalue weighted by Gasteiger charge is 2.20. The Balaban J connectivity index is 1.84. The van der Waals surface area contributed by atoms with Crippen LogP contribution in [-0.2, 0) is 14.8 Å². The van der Waals surface area contributed by atoms with Crippen molar-refractivity contribution in [2.45, 2.75) is 18.7 Å². The van der Waals surface area contributed by atoms with Crippen LogP contribution in [0.15, 0.2) is 71.6 Å². The molecular weight excluding hydrogens is 438 g/mol. The molecule has 0 saturated heterocycles. The zero-order valence-electron chi connectivity index (χ0n) is 16.8. The van der Waals surface area contributed by atoms with Crippen molar-refractivity contribution in [3.63, 3.8) is 0 Å². The third kappa shape index (κ3) is 5.84. The SMILES string of the molecule is CC(=O)Nc1cccc(NC(=O)c2ccc(Cl)c(S(=O)(=O)Nc3ccc(C)cc3)c2)c1. The van der Waals surface area contributed by atoms with Crippen molar-refractivity contribution in [3.05, 3.63) is 82.9 Å². The van der Waals surface area contributed by atoms with Gasteiger partial charge in [0.1, 0.15) is 4.90 Å². The molecule has 0 bridgehead atoms. The van der Waals surface area contributed by atoms with Crippen LogP contribution in [-0.4, -0.2) is 20.2 Å². The molecular formula is C22H20ClN3O4S. The molecule has 9 heteroatoms. The highest BCUT2D eigenvalue weighted by Crippen LogP contribution is 2.26. The Labute approximate surface area is 185 Å². The van der Waals surface area contributed by atoms with Crippen molar-refractivity contribution in [3.8, 4) is 0 Å². The maximum Gasteiger partial charge on any atom is 0.263 e. The molecule has 0 saturated carbocycles. The first kappa shape index (κ1) is 22.3. The van der Waals surface area contributed by atoms with Crippen molar-refractivity contribution < 1.29 is 18.0 Å². The number of hydrogen-bond donors (Lipinski definition) is 3. The van der Waals surface area contributed by atoms with Crippen molar-refractivity contribution in [2.75, 3.05) is 15.4 Å². The minimum absolute atomic E-state index is 0.0104. The third-order valence-corrected chi connectivity index (χ3v) is 6.09. The van der Waals surface area contributed by atoms with Gasteiger partial charge < -0.3 is 10.6 Å². The summed E-state index contributed by atoms with van der Waals surface area (Å²) < 4.78 is 28.1. The fourth-order valence-electron chi connectivity index (χ4n) is 2.76. The first-order valence-electron chi connectivity index (χ1n) is 9.22. The fraction of sp³-hybridized carbons (Fsp3) is 0.0909. The molecule has 0 aliphatic rings. The number of aryl methyl sites for hydroxylation is 1. The number of anilines is 3. The van der Waals surface area contributed by atoms with Gasteiger partial charge in [-0.2, -0.15) is 0 Å². The summed E-state index contributed by atoms with van der Waals surface area (Å²) in [5, 5.41) is 5.29. The van der Waals surface area contributed by atoms with Crippen LogP contribution in [0.1, 0.15) is 22.8 Å². The number of rotatable bonds is 6. The molecule has 31 heavy (non-hydrogen) atoms. The van der Waals surface area contributed by atoms with E-state index in [0.29, 0.717) is 17.1 Å². The number of carbonyl (C=O) groups is 2. The predicted octanol–water partition coefficient (Wildman–Crippen LogP) is 4.66. The van der Waals surface area contributed by atoms with Crippen LogP contribution in [0.25, 0.3) is 0 Å². The van der Waals surface area contributed by atoms with Gasteiger partial charge in [-0.3, -0.25) is 14.3 Å². The van der Waals surface area contributed by atoms with E-state index in [0.717, 1.165) is 5.56 Å². The first-order valence-corrected chi connectivity index (χ1v) is 11.1. The molecule has 0 aliphatic carbocycles. The minimum atomic E-state index is -4.02. The summed E-state index contributed by atoms with van der Waals surface area (Å²) in [7, 11) is -4.02. The Morgan fingerprint density at radius 1 is 0.839 bits per heavy atom. The van der Waals surface area contributed by atoms with Gasteiger partial charge in [0.05, 0.1) is 5.02 Å². The van der Waals surface area contributed by atoms with Gasteiger partial charge in [0.25, 0.3) is 15.9 Å². The molecule has 0 atom stereocenters. The summed E-state index contributed by atoms with van der Waals surface area (Å²) in [6, 6.07) is 17.4. The number of amides is 2. The molecule has 2 amide bonds. The van der Waals surface area contributed by atoms with Crippen molar-refractivity contribution in [1.82, 2.24) is 0 Å². The monoisotopic (exact) mass is 457 g/mol. The average Bonchev–Trinajstić information content (AvgIpc) is 2.69. The zero-order chi connectivity index (χ0) is 22.6. The van der Waals surface area contributed by atoms with Gasteiger partial charge in [0.2, 0.25) is 5.91 Å². The van der Waals surface area contributed by atoms with E-state index in [4.69, 9.17) is 11.6 Å². The zero-order valence-corrected chi connectivity index (χ0v) is 18.3. The predicted molar refractivity (Wildman–Crippen MR) is 122 cm³/mol. The normalized spacial score (nSPS) is 10.9. The lowest BCUT2D eigenvalue weighted by Crippen LogP contribution is -2.16. The first-order chi connectivity index (χ1) is 14.6. The molecule has 0 aromatic heterocycles. The summed E-state index contributed by atoms with van der Waals surface area (Å²) in [5.74, 6) is -0.763. The van der Waals surface area contributed by atoms with Crippen LogP contribution in [0.3, 0.4) is 0 Å². The van der Waals surface area contributed by atoms with E-state index in [-0.39, 0.29) is 21.4 Å². The number of hydrogen-bond acceptors (Lipinski definition) is 4. The summed E-state index contributed by atoms with van der Waals surface area (Å²) in [4.78, 5) is 23.7. The fourth-order valence-corrected chi connectivity index (χ4v) is 4.35. The van der Waals surface area contributed by atoms with Crippen molar-refractivity contribution in [2.24, 2.45) is 0 Å². The number of benzene rings is 3. The Hall–Kier alpha value is -3.36. The van der Waals surface area contributed by atoms with E-state index in [1.807, 2.05) is 6.92 Å². The van der Waals surface area contributed by atoms with E-state index in [9.17, 15) is 18.0 Å². The summed E-state index contributed by atoms with van der Waals surface area (Å²) in [6.07, 6.45) is 0. The Kier molecular flexibility index (Phi) is 6.62. The number of nitrogens with one attached hydrogen (secondary N) is 3. The van der Waals surface area contributed by atoms with E-state index >= 15 is 0 Å². The molecule has 0 fully saturated rings. The topological polar surface area (TPSA) is 104 Å². The van der Waals surface area contributed by atoms with Gasteiger partial charge in [-0.25, -0.2) is 8.42 Å². The van der Waals surface area contributed by atoms with Crippen LogP contribution in [0, 0.1) is 6.92 Å². The Morgan fingerprint density at radius 3 is 2.13 bits per heavy atom.